The summed E-state index contributed by atoms with van der Waals surface area (Å²) < 4.78 is 10.7. The fourth-order valence-electron chi connectivity index (χ4n) is 2.65. The average Bonchev–Trinajstić information content (AvgIpc) is 3.01. The van der Waals surface area contributed by atoms with Gasteiger partial charge in [-0.25, -0.2) is 0 Å². The first kappa shape index (κ1) is 16.7. The number of rotatable bonds is 5. The van der Waals surface area contributed by atoms with Gasteiger partial charge in [0.25, 0.3) is 0 Å². The summed E-state index contributed by atoms with van der Waals surface area (Å²) in [4.78, 5) is 13.4. The molecule has 1 heterocycles. The average molecular weight is 343 g/mol. The van der Waals surface area contributed by atoms with Crippen LogP contribution in [0.4, 0.5) is 0 Å². The Bertz CT molecular complexity index is 760. The second kappa shape index (κ2) is 7.18. The molecule has 2 aromatic carbocycles. The minimum absolute atomic E-state index is 0.0186. The molecule has 3 rings (SSSR count). The van der Waals surface area contributed by atoms with Crippen LogP contribution in [0, 0.1) is 13.8 Å². The summed E-state index contributed by atoms with van der Waals surface area (Å²) in [7, 11) is 0. The maximum atomic E-state index is 12.2. The Morgan fingerprint density at radius 1 is 1.17 bits per heavy atom. The molecule has 0 fully saturated rings. The summed E-state index contributed by atoms with van der Waals surface area (Å²) >= 11 is 1.56. The Labute approximate surface area is 146 Å². The first-order valence-corrected chi connectivity index (χ1v) is 8.90. The van der Waals surface area contributed by atoms with E-state index < -0.39 is 0 Å². The number of carbonyl (C=O) groups excluding carboxylic acids is 1. The molecule has 126 valence electrons. The zero-order valence-corrected chi connectivity index (χ0v) is 14.9. The summed E-state index contributed by atoms with van der Waals surface area (Å²) in [5.41, 5.74) is 3.44. The molecular weight excluding hydrogens is 322 g/mol. The highest BCUT2D eigenvalue weighted by molar-refractivity contribution is 8.00. The first-order valence-electron chi connectivity index (χ1n) is 7.92. The maximum absolute atomic E-state index is 12.2. The summed E-state index contributed by atoms with van der Waals surface area (Å²) in [6.45, 7) is 6.37. The van der Waals surface area contributed by atoms with E-state index in [2.05, 4.69) is 37.4 Å². The van der Waals surface area contributed by atoms with Gasteiger partial charge in [0.05, 0.1) is 11.8 Å². The summed E-state index contributed by atoms with van der Waals surface area (Å²) in [6, 6.07) is 12.0. The van der Waals surface area contributed by atoms with Crippen LogP contribution in [0.3, 0.4) is 0 Å². The molecule has 1 aliphatic rings. The monoisotopic (exact) mass is 343 g/mol. The largest absolute Gasteiger partial charge is 0.454 e. The number of hydrogen-bond donors (Lipinski definition) is 1. The number of ether oxygens (including phenoxy) is 2. The number of amides is 1. The highest BCUT2D eigenvalue weighted by atomic mass is 32.2. The molecule has 0 saturated carbocycles. The second-order valence-corrected chi connectivity index (χ2v) is 6.98. The lowest BCUT2D eigenvalue weighted by atomic mass is 10.1. The van der Waals surface area contributed by atoms with Crippen LogP contribution in [-0.2, 0) is 4.79 Å². The van der Waals surface area contributed by atoms with Gasteiger partial charge in [0, 0.05) is 4.90 Å². The Morgan fingerprint density at radius 2 is 1.96 bits per heavy atom. The molecule has 0 unspecified atom stereocenters. The number of thioether (sulfide) groups is 1. The van der Waals surface area contributed by atoms with E-state index in [1.54, 1.807) is 11.8 Å². The number of benzene rings is 2. The molecule has 1 N–H and O–H groups in total. The van der Waals surface area contributed by atoms with Crippen molar-refractivity contribution in [3.8, 4) is 11.5 Å². The van der Waals surface area contributed by atoms with Gasteiger partial charge < -0.3 is 14.8 Å². The van der Waals surface area contributed by atoms with Crippen molar-refractivity contribution >= 4 is 17.7 Å². The van der Waals surface area contributed by atoms with Crippen molar-refractivity contribution in [2.75, 3.05) is 12.5 Å². The van der Waals surface area contributed by atoms with E-state index in [-0.39, 0.29) is 18.7 Å². The molecule has 0 bridgehead atoms. The van der Waals surface area contributed by atoms with E-state index in [1.807, 2.05) is 25.1 Å². The third-order valence-electron chi connectivity index (χ3n) is 3.96. The molecule has 0 radical (unpaired) electrons. The Balaban J connectivity index is 1.56. The van der Waals surface area contributed by atoms with Gasteiger partial charge in [-0.05, 0) is 50.1 Å². The number of aryl methyl sites for hydroxylation is 2. The number of fused-ring (bicyclic) bond motifs is 1. The standard InChI is InChI=1S/C19H21NO3S/c1-12-4-7-18(13(2)8-12)24-10-19(21)20-14(3)15-5-6-16-17(9-15)23-11-22-16/h4-9,14H,10-11H2,1-3H3,(H,20,21)/t14-/m1/s1. The van der Waals surface area contributed by atoms with Crippen molar-refractivity contribution in [1.82, 2.24) is 5.32 Å². The maximum Gasteiger partial charge on any atom is 0.231 e. The molecule has 1 atom stereocenters. The lowest BCUT2D eigenvalue weighted by Gasteiger charge is -2.15. The van der Waals surface area contributed by atoms with Crippen LogP contribution in [0.1, 0.15) is 29.7 Å². The van der Waals surface area contributed by atoms with Gasteiger partial charge in [-0.15, -0.1) is 11.8 Å². The van der Waals surface area contributed by atoms with Crippen molar-refractivity contribution < 1.29 is 14.3 Å². The SMILES string of the molecule is Cc1ccc(SCC(=O)N[C@H](C)c2ccc3c(c2)OCO3)c(C)c1. The Kier molecular flexibility index (Phi) is 5.00. The third-order valence-corrected chi connectivity index (χ3v) is 5.14. The molecule has 0 aromatic heterocycles. The van der Waals surface area contributed by atoms with E-state index in [0.717, 1.165) is 22.0 Å². The van der Waals surface area contributed by atoms with Gasteiger partial charge in [0.2, 0.25) is 12.7 Å². The van der Waals surface area contributed by atoms with E-state index in [0.29, 0.717) is 5.75 Å². The predicted molar refractivity (Wildman–Crippen MR) is 95.8 cm³/mol. The molecule has 5 heteroatoms. The van der Waals surface area contributed by atoms with Crippen molar-refractivity contribution in [3.63, 3.8) is 0 Å². The summed E-state index contributed by atoms with van der Waals surface area (Å²) in [6.07, 6.45) is 0. The third kappa shape index (κ3) is 3.85. The van der Waals surface area contributed by atoms with E-state index in [4.69, 9.17) is 9.47 Å². The topological polar surface area (TPSA) is 47.6 Å². The molecule has 2 aromatic rings. The van der Waals surface area contributed by atoms with Crippen LogP contribution >= 0.6 is 11.8 Å². The number of hydrogen-bond acceptors (Lipinski definition) is 4. The van der Waals surface area contributed by atoms with Gasteiger partial charge in [-0.3, -0.25) is 4.79 Å². The molecular formula is C19H21NO3S. The fraction of sp³-hybridized carbons (Fsp3) is 0.316. The predicted octanol–water partition coefficient (Wildman–Crippen LogP) is 4.00. The van der Waals surface area contributed by atoms with Gasteiger partial charge >= 0.3 is 0 Å². The van der Waals surface area contributed by atoms with Crippen LogP contribution in [0.15, 0.2) is 41.3 Å². The highest BCUT2D eigenvalue weighted by Crippen LogP contribution is 2.34. The number of carbonyl (C=O) groups is 1. The Hall–Kier alpha value is -2.14. The summed E-state index contributed by atoms with van der Waals surface area (Å²) in [5, 5.41) is 3.03. The zero-order chi connectivity index (χ0) is 17.1. The minimum atomic E-state index is -0.0771. The quantitative estimate of drug-likeness (QED) is 0.834. The molecule has 1 aliphatic heterocycles. The normalized spacial score (nSPS) is 13.6. The van der Waals surface area contributed by atoms with E-state index in [9.17, 15) is 4.79 Å². The van der Waals surface area contributed by atoms with Gasteiger partial charge in [-0.2, -0.15) is 0 Å². The van der Waals surface area contributed by atoms with Gasteiger partial charge in [0.15, 0.2) is 11.5 Å². The van der Waals surface area contributed by atoms with Crippen molar-refractivity contribution in [1.29, 1.82) is 0 Å². The molecule has 4 nitrogen and oxygen atoms in total. The molecule has 0 saturated heterocycles. The van der Waals surface area contributed by atoms with Crippen LogP contribution < -0.4 is 14.8 Å². The fourth-order valence-corrected chi connectivity index (χ4v) is 3.47. The molecule has 24 heavy (non-hydrogen) atoms. The van der Waals surface area contributed by atoms with Crippen LogP contribution in [0.25, 0.3) is 0 Å². The molecule has 0 aliphatic carbocycles. The molecule has 0 spiro atoms. The van der Waals surface area contributed by atoms with Crippen LogP contribution in [0.2, 0.25) is 0 Å². The Morgan fingerprint density at radius 3 is 2.75 bits per heavy atom. The van der Waals surface area contributed by atoms with Crippen LogP contribution in [-0.4, -0.2) is 18.5 Å². The van der Waals surface area contributed by atoms with Crippen molar-refractivity contribution in [2.45, 2.75) is 31.7 Å². The van der Waals surface area contributed by atoms with Crippen LogP contribution in [0.5, 0.6) is 11.5 Å². The zero-order valence-electron chi connectivity index (χ0n) is 14.1. The lowest BCUT2D eigenvalue weighted by Crippen LogP contribution is -2.28. The highest BCUT2D eigenvalue weighted by Gasteiger charge is 2.17. The number of nitrogens with one attached hydrogen (secondary N) is 1. The smallest absolute Gasteiger partial charge is 0.231 e. The van der Waals surface area contributed by atoms with Crippen molar-refractivity contribution in [2.24, 2.45) is 0 Å². The van der Waals surface area contributed by atoms with Gasteiger partial charge in [0.1, 0.15) is 0 Å². The van der Waals surface area contributed by atoms with E-state index in [1.165, 1.54) is 11.1 Å². The van der Waals surface area contributed by atoms with Crippen molar-refractivity contribution in [3.05, 3.63) is 53.1 Å². The molecule has 1 amide bonds. The second-order valence-electron chi connectivity index (χ2n) is 5.96. The minimum Gasteiger partial charge on any atom is -0.454 e. The first-order chi connectivity index (χ1) is 11.5. The lowest BCUT2D eigenvalue weighted by molar-refractivity contribution is -0.119. The summed E-state index contributed by atoms with van der Waals surface area (Å²) in [5.74, 6) is 1.91. The van der Waals surface area contributed by atoms with E-state index >= 15 is 0 Å². The van der Waals surface area contributed by atoms with Gasteiger partial charge in [-0.1, -0.05) is 23.8 Å².